The Balaban J connectivity index is 1.41. The molecule has 1 aromatic heterocycles. The maximum absolute atomic E-state index is 13.2. The normalized spacial score (nSPS) is 15.7. The zero-order valence-corrected chi connectivity index (χ0v) is 19.2. The van der Waals surface area contributed by atoms with Crippen molar-refractivity contribution in [3.8, 4) is 5.75 Å². The zero-order chi connectivity index (χ0) is 23.7. The molecule has 2 aliphatic heterocycles. The molecule has 178 valence electrons. The number of amides is 2. The number of anilines is 1. The molecule has 2 amide bonds. The molecule has 0 radical (unpaired) electrons. The molecule has 9 heteroatoms. The second kappa shape index (κ2) is 9.34. The van der Waals surface area contributed by atoms with Crippen molar-refractivity contribution >= 4 is 28.6 Å². The highest BCUT2D eigenvalue weighted by molar-refractivity contribution is 6.06. The van der Waals surface area contributed by atoms with Crippen LogP contribution in [0.1, 0.15) is 40.7 Å². The van der Waals surface area contributed by atoms with Gasteiger partial charge in [0.2, 0.25) is 5.91 Å². The molecule has 0 unspecified atom stereocenters. The van der Waals surface area contributed by atoms with Crippen LogP contribution in [-0.4, -0.2) is 48.0 Å². The SMILES string of the molecule is COc1ccc(C(=O)Nc2ccc3oc(=O)n(CC(=O)N4CCCCC4)c3c2)c2c1CNCC2. The number of rotatable bonds is 5. The lowest BCUT2D eigenvalue weighted by atomic mass is 9.94. The standard InChI is InChI=1S/C25H28N4O5/c1-33-21-8-6-18(17-9-10-26-14-19(17)21)24(31)27-16-5-7-22-20(13-16)29(25(32)34-22)15-23(30)28-11-3-2-4-12-28/h5-8,13,26H,2-4,9-12,14-15H2,1H3,(H,27,31). The summed E-state index contributed by atoms with van der Waals surface area (Å²) in [5.41, 5.74) is 3.95. The summed E-state index contributed by atoms with van der Waals surface area (Å²) < 4.78 is 12.1. The van der Waals surface area contributed by atoms with Crippen molar-refractivity contribution in [1.29, 1.82) is 0 Å². The first-order chi connectivity index (χ1) is 16.5. The van der Waals surface area contributed by atoms with Crippen LogP contribution in [0.4, 0.5) is 5.69 Å². The van der Waals surface area contributed by atoms with Crippen molar-refractivity contribution in [2.24, 2.45) is 0 Å². The second-order valence-corrected chi connectivity index (χ2v) is 8.73. The average molecular weight is 465 g/mol. The monoisotopic (exact) mass is 464 g/mol. The molecule has 2 N–H and O–H groups in total. The average Bonchev–Trinajstić information content (AvgIpc) is 3.18. The summed E-state index contributed by atoms with van der Waals surface area (Å²) in [4.78, 5) is 40.2. The molecule has 2 aliphatic rings. The maximum atomic E-state index is 13.2. The van der Waals surface area contributed by atoms with Crippen LogP contribution in [0.2, 0.25) is 0 Å². The Labute approximate surface area is 196 Å². The third kappa shape index (κ3) is 4.19. The van der Waals surface area contributed by atoms with Crippen molar-refractivity contribution < 1.29 is 18.7 Å². The number of carbonyl (C=O) groups excluding carboxylic acids is 2. The summed E-state index contributed by atoms with van der Waals surface area (Å²) in [7, 11) is 1.62. The van der Waals surface area contributed by atoms with E-state index in [0.717, 1.165) is 49.1 Å². The lowest BCUT2D eigenvalue weighted by molar-refractivity contribution is -0.132. The molecule has 0 bridgehead atoms. The van der Waals surface area contributed by atoms with Crippen molar-refractivity contribution in [2.45, 2.75) is 38.8 Å². The number of likely N-dealkylation sites (tertiary alicyclic amines) is 1. The third-order valence-corrected chi connectivity index (χ3v) is 6.63. The van der Waals surface area contributed by atoms with Gasteiger partial charge in [-0.15, -0.1) is 0 Å². The number of piperidine rings is 1. The van der Waals surface area contributed by atoms with E-state index in [1.54, 1.807) is 36.3 Å². The number of fused-ring (bicyclic) bond motifs is 2. The molecular weight excluding hydrogens is 436 g/mol. The van der Waals surface area contributed by atoms with Crippen LogP contribution in [0, 0.1) is 0 Å². The van der Waals surface area contributed by atoms with Crippen LogP contribution < -0.4 is 21.1 Å². The minimum atomic E-state index is -0.583. The smallest absolute Gasteiger partial charge is 0.420 e. The maximum Gasteiger partial charge on any atom is 0.420 e. The summed E-state index contributed by atoms with van der Waals surface area (Å²) in [6.07, 6.45) is 3.81. The van der Waals surface area contributed by atoms with E-state index in [4.69, 9.17) is 9.15 Å². The van der Waals surface area contributed by atoms with Gasteiger partial charge >= 0.3 is 5.76 Å². The van der Waals surface area contributed by atoms with E-state index in [9.17, 15) is 14.4 Å². The lowest BCUT2D eigenvalue weighted by Crippen LogP contribution is -2.39. The van der Waals surface area contributed by atoms with Gasteiger partial charge in [-0.1, -0.05) is 0 Å². The fourth-order valence-electron chi connectivity index (χ4n) is 4.85. The minimum absolute atomic E-state index is 0.0811. The summed E-state index contributed by atoms with van der Waals surface area (Å²) >= 11 is 0. The van der Waals surface area contributed by atoms with Gasteiger partial charge in [0, 0.05) is 36.4 Å². The number of oxazole rings is 1. The fourth-order valence-corrected chi connectivity index (χ4v) is 4.85. The number of methoxy groups -OCH3 is 1. The Morgan fingerprint density at radius 2 is 1.94 bits per heavy atom. The molecule has 0 saturated carbocycles. The first kappa shape index (κ1) is 22.2. The molecule has 3 heterocycles. The first-order valence-electron chi connectivity index (χ1n) is 11.7. The predicted molar refractivity (Wildman–Crippen MR) is 127 cm³/mol. The summed E-state index contributed by atoms with van der Waals surface area (Å²) in [6.45, 7) is 2.79. The summed E-state index contributed by atoms with van der Waals surface area (Å²) in [5.74, 6) is -0.152. The van der Waals surface area contributed by atoms with Crippen molar-refractivity contribution in [1.82, 2.24) is 14.8 Å². The van der Waals surface area contributed by atoms with Crippen LogP contribution in [0.25, 0.3) is 11.1 Å². The molecule has 1 fully saturated rings. The largest absolute Gasteiger partial charge is 0.496 e. The number of aromatic nitrogens is 1. The van der Waals surface area contributed by atoms with Gasteiger partial charge in [-0.3, -0.25) is 14.2 Å². The van der Waals surface area contributed by atoms with E-state index in [-0.39, 0.29) is 18.4 Å². The molecule has 0 atom stereocenters. The van der Waals surface area contributed by atoms with Gasteiger partial charge in [0.25, 0.3) is 5.91 Å². The van der Waals surface area contributed by atoms with E-state index in [2.05, 4.69) is 10.6 Å². The molecule has 2 aromatic carbocycles. The highest BCUT2D eigenvalue weighted by Crippen LogP contribution is 2.29. The number of nitrogens with zero attached hydrogens (tertiary/aromatic N) is 2. The number of ether oxygens (including phenoxy) is 1. The van der Waals surface area contributed by atoms with E-state index in [1.165, 1.54) is 4.57 Å². The molecular formula is C25H28N4O5. The number of hydrogen-bond acceptors (Lipinski definition) is 6. The van der Waals surface area contributed by atoms with Gasteiger partial charge in [-0.05, 0) is 68.1 Å². The van der Waals surface area contributed by atoms with Crippen LogP contribution in [-0.2, 0) is 24.3 Å². The van der Waals surface area contributed by atoms with Crippen molar-refractivity contribution in [3.63, 3.8) is 0 Å². The fraction of sp³-hybridized carbons (Fsp3) is 0.400. The highest BCUT2D eigenvalue weighted by Gasteiger charge is 2.22. The minimum Gasteiger partial charge on any atom is -0.496 e. The van der Waals surface area contributed by atoms with Crippen LogP contribution >= 0.6 is 0 Å². The lowest BCUT2D eigenvalue weighted by Gasteiger charge is -2.26. The van der Waals surface area contributed by atoms with E-state index >= 15 is 0 Å². The highest BCUT2D eigenvalue weighted by atomic mass is 16.5. The van der Waals surface area contributed by atoms with E-state index in [1.807, 2.05) is 6.07 Å². The Morgan fingerprint density at radius 1 is 1.12 bits per heavy atom. The molecule has 9 nitrogen and oxygen atoms in total. The number of carbonyl (C=O) groups is 2. The Hall–Kier alpha value is -3.59. The Bertz CT molecular complexity index is 1300. The summed E-state index contributed by atoms with van der Waals surface area (Å²) in [6, 6.07) is 8.60. The van der Waals surface area contributed by atoms with Crippen molar-refractivity contribution in [3.05, 3.63) is 57.6 Å². The van der Waals surface area contributed by atoms with Crippen LogP contribution in [0.15, 0.2) is 39.5 Å². The van der Waals surface area contributed by atoms with Gasteiger partial charge in [0.1, 0.15) is 12.3 Å². The van der Waals surface area contributed by atoms with Gasteiger partial charge in [-0.2, -0.15) is 0 Å². The molecule has 3 aromatic rings. The van der Waals surface area contributed by atoms with E-state index in [0.29, 0.717) is 42.0 Å². The molecule has 0 aliphatic carbocycles. The van der Waals surface area contributed by atoms with Crippen LogP contribution in [0.5, 0.6) is 5.75 Å². The predicted octanol–water partition coefficient (Wildman–Crippen LogP) is 2.51. The van der Waals surface area contributed by atoms with Gasteiger partial charge in [-0.25, -0.2) is 4.79 Å². The van der Waals surface area contributed by atoms with Gasteiger partial charge in [0.05, 0.1) is 12.6 Å². The van der Waals surface area contributed by atoms with Gasteiger partial charge < -0.3 is 24.7 Å². The number of hydrogen-bond donors (Lipinski definition) is 2. The zero-order valence-electron chi connectivity index (χ0n) is 19.2. The number of nitrogens with one attached hydrogen (secondary N) is 2. The summed E-state index contributed by atoms with van der Waals surface area (Å²) in [5, 5.41) is 6.25. The third-order valence-electron chi connectivity index (χ3n) is 6.63. The first-order valence-corrected chi connectivity index (χ1v) is 11.7. The Morgan fingerprint density at radius 3 is 2.74 bits per heavy atom. The van der Waals surface area contributed by atoms with Crippen molar-refractivity contribution in [2.75, 3.05) is 32.1 Å². The second-order valence-electron chi connectivity index (χ2n) is 8.73. The van der Waals surface area contributed by atoms with Gasteiger partial charge in [0.15, 0.2) is 5.58 Å². The molecule has 34 heavy (non-hydrogen) atoms. The quantitative estimate of drug-likeness (QED) is 0.601. The van der Waals surface area contributed by atoms with E-state index < -0.39 is 5.76 Å². The topological polar surface area (TPSA) is 106 Å². The molecule has 1 saturated heterocycles. The molecule has 0 spiro atoms. The Kier molecular flexibility index (Phi) is 6.10. The van der Waals surface area contributed by atoms with Crippen LogP contribution in [0.3, 0.4) is 0 Å². The molecule has 5 rings (SSSR count). The number of benzene rings is 2.